The largest absolute Gasteiger partial charge is 0.0921 e. The Hall–Kier alpha value is -0.0200. The van der Waals surface area contributed by atoms with Gasteiger partial charge < -0.3 is 0 Å². The van der Waals surface area contributed by atoms with Crippen molar-refractivity contribution in [2.24, 2.45) is 0 Å². The third-order valence-electron chi connectivity index (χ3n) is 2.99. The molecule has 0 aromatic heterocycles. The maximum Gasteiger partial charge on any atom is 0.0449 e. The quantitative estimate of drug-likeness (QED) is 0.495. The molecule has 0 radical (unpaired) electrons. The van der Waals surface area contributed by atoms with Crippen molar-refractivity contribution in [1.29, 1.82) is 0 Å². The van der Waals surface area contributed by atoms with Gasteiger partial charge in [0.25, 0.3) is 0 Å². The monoisotopic (exact) mass is 420 g/mol. The Labute approximate surface area is 140 Å². The molecule has 1 unspecified atom stereocenters. The minimum Gasteiger partial charge on any atom is -0.0921 e. The summed E-state index contributed by atoms with van der Waals surface area (Å²) in [6.45, 7) is 0. The van der Waals surface area contributed by atoms with Gasteiger partial charge in [0.1, 0.15) is 0 Å². The second kappa shape index (κ2) is 7.12. The van der Waals surface area contributed by atoms with Crippen molar-refractivity contribution in [3.63, 3.8) is 0 Å². The predicted octanol–water partition coefficient (Wildman–Crippen LogP) is 6.48. The first-order valence-corrected chi connectivity index (χ1v) is 8.52. The molecule has 2 rings (SSSR count). The molecule has 0 spiro atoms. The molecule has 1 atom stereocenters. The number of hydrogen-bond donors (Lipinski definition) is 0. The molecule has 0 N–H and O–H groups in total. The van der Waals surface area contributed by atoms with Crippen LogP contribution in [-0.4, -0.2) is 5.33 Å². The Morgan fingerprint density at radius 1 is 1.05 bits per heavy atom. The predicted molar refractivity (Wildman–Crippen MR) is 90.8 cm³/mol. The average Bonchev–Trinajstić information content (AvgIpc) is 2.38. The first kappa shape index (κ1) is 15.4. The minimum absolute atomic E-state index is 0.359. The van der Waals surface area contributed by atoms with E-state index in [2.05, 4.69) is 44.0 Å². The van der Waals surface area contributed by atoms with Gasteiger partial charge in [-0.15, -0.1) is 0 Å². The highest BCUT2D eigenvalue weighted by atomic mass is 79.9. The second-order valence-corrected chi connectivity index (χ2v) is 6.75. The van der Waals surface area contributed by atoms with E-state index in [4.69, 9.17) is 23.2 Å². The molecule has 0 aliphatic rings. The molecule has 0 bridgehead atoms. The van der Waals surface area contributed by atoms with Crippen LogP contribution >= 0.6 is 55.1 Å². The first-order valence-electron chi connectivity index (χ1n) is 5.85. The molecule has 19 heavy (non-hydrogen) atoms. The van der Waals surface area contributed by atoms with Crippen LogP contribution in [0.2, 0.25) is 10.0 Å². The van der Waals surface area contributed by atoms with Gasteiger partial charge in [-0.2, -0.15) is 0 Å². The van der Waals surface area contributed by atoms with Crippen LogP contribution in [0.3, 0.4) is 0 Å². The first-order chi connectivity index (χ1) is 9.10. The molecule has 0 aliphatic carbocycles. The molecule has 0 saturated heterocycles. The van der Waals surface area contributed by atoms with Crippen molar-refractivity contribution in [3.05, 3.63) is 68.1 Å². The topological polar surface area (TPSA) is 0 Å². The van der Waals surface area contributed by atoms with Gasteiger partial charge in [-0.1, -0.05) is 73.3 Å². The van der Waals surface area contributed by atoms with Gasteiger partial charge in [-0.25, -0.2) is 0 Å². The van der Waals surface area contributed by atoms with Crippen molar-refractivity contribution in [3.8, 4) is 0 Å². The number of halogens is 4. The summed E-state index contributed by atoms with van der Waals surface area (Å²) in [7, 11) is 0. The Bertz CT molecular complexity index is 570. The SMILES string of the molecule is Clc1cccc(C(CBr)Cc2ccc(Br)cc2Cl)c1. The third kappa shape index (κ3) is 4.22. The van der Waals surface area contributed by atoms with E-state index in [1.807, 2.05) is 30.3 Å². The lowest BCUT2D eigenvalue weighted by molar-refractivity contribution is 0.775. The van der Waals surface area contributed by atoms with Gasteiger partial charge in [0.15, 0.2) is 0 Å². The molecule has 0 fully saturated rings. The lowest BCUT2D eigenvalue weighted by atomic mass is 9.94. The Balaban J connectivity index is 2.24. The summed E-state index contributed by atoms with van der Waals surface area (Å²) in [6.07, 6.45) is 0.887. The molecule has 0 amide bonds. The highest BCUT2D eigenvalue weighted by Gasteiger charge is 2.13. The van der Waals surface area contributed by atoms with Gasteiger partial charge >= 0.3 is 0 Å². The maximum atomic E-state index is 6.28. The molecule has 100 valence electrons. The second-order valence-electron chi connectivity index (χ2n) is 4.35. The van der Waals surface area contributed by atoms with Gasteiger partial charge in [-0.3, -0.25) is 0 Å². The van der Waals surface area contributed by atoms with E-state index in [0.717, 1.165) is 31.8 Å². The zero-order valence-corrected chi connectivity index (χ0v) is 14.7. The molecule has 4 heteroatoms. The van der Waals surface area contributed by atoms with Gasteiger partial charge in [-0.05, 0) is 47.7 Å². The van der Waals surface area contributed by atoms with Gasteiger partial charge in [0.05, 0.1) is 0 Å². The molecule has 2 aromatic carbocycles. The summed E-state index contributed by atoms with van der Waals surface area (Å²) in [5, 5.41) is 2.44. The molecular weight excluding hydrogens is 411 g/mol. The minimum atomic E-state index is 0.359. The van der Waals surface area contributed by atoms with Gasteiger partial charge in [0.2, 0.25) is 0 Å². The zero-order chi connectivity index (χ0) is 13.8. The van der Waals surface area contributed by atoms with Crippen LogP contribution in [0.15, 0.2) is 46.9 Å². The van der Waals surface area contributed by atoms with Crippen molar-refractivity contribution in [1.82, 2.24) is 0 Å². The lowest BCUT2D eigenvalue weighted by Crippen LogP contribution is -2.05. The van der Waals surface area contributed by atoms with E-state index in [1.165, 1.54) is 5.56 Å². The zero-order valence-electron chi connectivity index (χ0n) is 10.0. The molecule has 0 aliphatic heterocycles. The van der Waals surface area contributed by atoms with Crippen molar-refractivity contribution < 1.29 is 0 Å². The number of alkyl halides is 1. The standard InChI is InChI=1S/C15H12Br2Cl2/c16-9-12(10-2-1-3-14(18)7-10)6-11-4-5-13(17)8-15(11)19/h1-5,7-8,12H,6,9H2. The lowest BCUT2D eigenvalue weighted by Gasteiger charge is -2.16. The third-order valence-corrected chi connectivity index (χ3v) is 4.85. The van der Waals surface area contributed by atoms with Crippen molar-refractivity contribution in [2.45, 2.75) is 12.3 Å². The normalized spacial score (nSPS) is 12.4. The Kier molecular flexibility index (Phi) is 5.76. The maximum absolute atomic E-state index is 6.28. The number of hydrogen-bond acceptors (Lipinski definition) is 0. The van der Waals surface area contributed by atoms with Gasteiger partial charge in [0, 0.05) is 19.8 Å². The van der Waals surface area contributed by atoms with Crippen molar-refractivity contribution in [2.75, 3.05) is 5.33 Å². The van der Waals surface area contributed by atoms with Crippen LogP contribution in [0.4, 0.5) is 0 Å². The molecule has 0 heterocycles. The fraction of sp³-hybridized carbons (Fsp3) is 0.200. The fourth-order valence-corrected chi connectivity index (χ4v) is 3.53. The highest BCUT2D eigenvalue weighted by molar-refractivity contribution is 9.10. The van der Waals surface area contributed by atoms with E-state index in [9.17, 15) is 0 Å². The van der Waals surface area contributed by atoms with E-state index >= 15 is 0 Å². The highest BCUT2D eigenvalue weighted by Crippen LogP contribution is 2.29. The van der Waals surface area contributed by atoms with E-state index in [0.29, 0.717) is 5.92 Å². The van der Waals surface area contributed by atoms with E-state index in [-0.39, 0.29) is 0 Å². The molecule has 2 aromatic rings. The smallest absolute Gasteiger partial charge is 0.0449 e. The van der Waals surface area contributed by atoms with Crippen LogP contribution in [0.25, 0.3) is 0 Å². The summed E-state index contributed by atoms with van der Waals surface area (Å²) >= 11 is 19.3. The summed E-state index contributed by atoms with van der Waals surface area (Å²) in [5.74, 6) is 0.359. The van der Waals surface area contributed by atoms with Crippen LogP contribution in [0.1, 0.15) is 17.0 Å². The molecular formula is C15H12Br2Cl2. The van der Waals surface area contributed by atoms with Crippen LogP contribution in [-0.2, 0) is 6.42 Å². The summed E-state index contributed by atoms with van der Waals surface area (Å²) in [4.78, 5) is 0. The number of rotatable bonds is 4. The van der Waals surface area contributed by atoms with Crippen molar-refractivity contribution >= 4 is 55.1 Å². The summed E-state index contributed by atoms with van der Waals surface area (Å²) in [6, 6.07) is 14.0. The van der Waals surface area contributed by atoms with Crippen LogP contribution < -0.4 is 0 Å². The molecule has 0 nitrogen and oxygen atoms in total. The van der Waals surface area contributed by atoms with Crippen LogP contribution in [0.5, 0.6) is 0 Å². The average molecular weight is 423 g/mol. The van der Waals surface area contributed by atoms with E-state index in [1.54, 1.807) is 0 Å². The Morgan fingerprint density at radius 2 is 1.84 bits per heavy atom. The Morgan fingerprint density at radius 3 is 2.47 bits per heavy atom. The number of benzene rings is 2. The summed E-state index contributed by atoms with van der Waals surface area (Å²) < 4.78 is 0.999. The fourth-order valence-electron chi connectivity index (χ4n) is 1.97. The van der Waals surface area contributed by atoms with Crippen LogP contribution in [0, 0.1) is 0 Å². The molecule has 0 saturated carbocycles. The summed E-state index contributed by atoms with van der Waals surface area (Å²) in [5.41, 5.74) is 2.37. The van der Waals surface area contributed by atoms with E-state index < -0.39 is 0 Å².